The van der Waals surface area contributed by atoms with Crippen molar-refractivity contribution in [1.82, 2.24) is 15.5 Å². The summed E-state index contributed by atoms with van der Waals surface area (Å²) in [5.41, 5.74) is 2.04. The Labute approximate surface area is 177 Å². The van der Waals surface area contributed by atoms with Gasteiger partial charge in [-0.3, -0.25) is 4.79 Å². The Morgan fingerprint density at radius 2 is 1.93 bits per heavy atom. The molecule has 1 saturated heterocycles. The van der Waals surface area contributed by atoms with Gasteiger partial charge in [-0.1, -0.05) is 55.1 Å². The van der Waals surface area contributed by atoms with E-state index < -0.39 is 5.54 Å². The first-order valence-corrected chi connectivity index (χ1v) is 11.5. The van der Waals surface area contributed by atoms with Gasteiger partial charge in [-0.05, 0) is 56.1 Å². The number of rotatable bonds is 5. The molecule has 2 aliphatic carbocycles. The van der Waals surface area contributed by atoms with Crippen molar-refractivity contribution >= 4 is 5.91 Å². The third kappa shape index (κ3) is 3.78. The highest BCUT2D eigenvalue weighted by Crippen LogP contribution is 2.49. The van der Waals surface area contributed by atoms with Crippen LogP contribution in [-0.4, -0.2) is 22.7 Å². The Kier molecular flexibility index (Phi) is 5.35. The second kappa shape index (κ2) is 8.14. The van der Waals surface area contributed by atoms with E-state index in [1.165, 1.54) is 24.0 Å². The van der Waals surface area contributed by atoms with Crippen molar-refractivity contribution in [1.29, 1.82) is 0 Å². The van der Waals surface area contributed by atoms with Crippen LogP contribution in [0.5, 0.6) is 0 Å². The number of carbonyl (C=O) groups is 1. The lowest BCUT2D eigenvalue weighted by atomic mass is 9.88. The molecule has 1 N–H and O–H groups in total. The first-order valence-electron chi connectivity index (χ1n) is 11.5. The summed E-state index contributed by atoms with van der Waals surface area (Å²) in [5, 5.41) is 7.75. The van der Waals surface area contributed by atoms with E-state index in [0.717, 1.165) is 51.6 Å². The van der Waals surface area contributed by atoms with Crippen LogP contribution in [0.15, 0.2) is 28.8 Å². The van der Waals surface area contributed by atoms with Crippen LogP contribution in [0.25, 0.3) is 0 Å². The summed E-state index contributed by atoms with van der Waals surface area (Å²) in [6, 6.07) is 8.40. The minimum absolute atomic E-state index is 0.0377. The smallest absolute Gasteiger partial charge is 0.255 e. The molecule has 160 valence electrons. The molecule has 2 aromatic rings. The molecule has 3 fully saturated rings. The molecule has 1 aromatic heterocycles. The topological polar surface area (TPSA) is 77.2 Å². The number of hydrogen-bond donors (Lipinski definition) is 1. The zero-order chi connectivity index (χ0) is 20.6. The monoisotopic (exact) mass is 409 g/mol. The van der Waals surface area contributed by atoms with Crippen LogP contribution in [0.1, 0.15) is 92.7 Å². The van der Waals surface area contributed by atoms with Crippen LogP contribution in [0.2, 0.25) is 0 Å². The first-order chi connectivity index (χ1) is 14.7. The van der Waals surface area contributed by atoms with Gasteiger partial charge >= 0.3 is 0 Å². The van der Waals surface area contributed by atoms with Gasteiger partial charge in [0.25, 0.3) is 5.89 Å². The molecule has 6 nitrogen and oxygen atoms in total. The number of amides is 1. The third-order valence-corrected chi connectivity index (χ3v) is 7.11. The van der Waals surface area contributed by atoms with E-state index >= 15 is 0 Å². The van der Waals surface area contributed by atoms with E-state index in [2.05, 4.69) is 41.7 Å². The lowest BCUT2D eigenvalue weighted by Gasteiger charge is -2.31. The predicted molar refractivity (Wildman–Crippen MR) is 112 cm³/mol. The van der Waals surface area contributed by atoms with E-state index in [1.54, 1.807) is 0 Å². The molecule has 2 saturated carbocycles. The van der Waals surface area contributed by atoms with Crippen LogP contribution in [0.4, 0.5) is 0 Å². The molecule has 0 bridgehead atoms. The highest BCUT2D eigenvalue weighted by Gasteiger charge is 2.48. The predicted octanol–water partition coefficient (Wildman–Crippen LogP) is 4.70. The normalized spacial score (nSPS) is 28.1. The molecule has 6 heteroatoms. The Balaban J connectivity index is 1.36. The van der Waals surface area contributed by atoms with Gasteiger partial charge in [0, 0.05) is 12.5 Å². The zero-order valence-electron chi connectivity index (χ0n) is 17.7. The summed E-state index contributed by atoms with van der Waals surface area (Å²) in [4.78, 5) is 18.0. The fraction of sp³-hybridized carbons (Fsp3) is 0.625. The Bertz CT molecular complexity index is 895. The van der Waals surface area contributed by atoms with Crippen LogP contribution in [0.3, 0.4) is 0 Å². The van der Waals surface area contributed by atoms with Gasteiger partial charge in [0.2, 0.25) is 5.91 Å². The molecule has 1 amide bonds. The molecule has 5 rings (SSSR count). The lowest BCUT2D eigenvalue weighted by Crippen LogP contribution is -2.47. The molecule has 2 heterocycles. The molecule has 0 radical (unpaired) electrons. The maximum Gasteiger partial charge on any atom is 0.255 e. The van der Waals surface area contributed by atoms with Crippen molar-refractivity contribution in [2.75, 3.05) is 6.61 Å². The standard InChI is InChI=1S/C24H31N3O3/c1-16-9-4-5-10-17(16)18-15-19(18)21(28)26-24(12-6-2-3-7-13-24)23-25-22(30-27-23)20-11-8-14-29-20/h4-5,9-10,18-20H,2-3,6-8,11-15H2,1H3,(H,26,28)/t18-,19-,20-/m0/s1. The van der Waals surface area contributed by atoms with Crippen LogP contribution in [-0.2, 0) is 15.1 Å². The summed E-state index contributed by atoms with van der Waals surface area (Å²) in [6.45, 7) is 2.87. The molecule has 30 heavy (non-hydrogen) atoms. The van der Waals surface area contributed by atoms with Gasteiger partial charge in [0.1, 0.15) is 11.6 Å². The van der Waals surface area contributed by atoms with Gasteiger partial charge in [-0.2, -0.15) is 4.98 Å². The third-order valence-electron chi connectivity index (χ3n) is 7.11. The van der Waals surface area contributed by atoms with E-state index in [-0.39, 0.29) is 17.9 Å². The zero-order valence-corrected chi connectivity index (χ0v) is 17.7. The van der Waals surface area contributed by atoms with Crippen LogP contribution >= 0.6 is 0 Å². The van der Waals surface area contributed by atoms with Crippen molar-refractivity contribution in [3.63, 3.8) is 0 Å². The number of carbonyl (C=O) groups excluding carboxylic acids is 1. The fourth-order valence-corrected chi connectivity index (χ4v) is 5.23. The SMILES string of the molecule is Cc1ccccc1[C@@H]1C[C@@H]1C(=O)NC1(c2noc([C@@H]3CCCO3)n2)CCCCCC1. The number of aryl methyl sites for hydroxylation is 1. The molecule has 1 aromatic carbocycles. The van der Waals surface area contributed by atoms with Crippen molar-refractivity contribution in [3.8, 4) is 0 Å². The van der Waals surface area contributed by atoms with Crippen molar-refractivity contribution < 1.29 is 14.1 Å². The quantitative estimate of drug-likeness (QED) is 0.725. The maximum absolute atomic E-state index is 13.3. The molecule has 3 atom stereocenters. The highest BCUT2D eigenvalue weighted by atomic mass is 16.5. The largest absolute Gasteiger partial charge is 0.368 e. The van der Waals surface area contributed by atoms with Crippen molar-refractivity contribution in [2.24, 2.45) is 5.92 Å². The number of nitrogens with one attached hydrogen (secondary N) is 1. The van der Waals surface area contributed by atoms with Gasteiger partial charge in [0.05, 0.1) is 0 Å². The molecule has 0 spiro atoms. The first kappa shape index (κ1) is 19.7. The second-order valence-corrected chi connectivity index (χ2v) is 9.25. The summed E-state index contributed by atoms with van der Waals surface area (Å²) in [7, 11) is 0. The number of aromatic nitrogens is 2. The van der Waals surface area contributed by atoms with Gasteiger partial charge in [-0.15, -0.1) is 0 Å². The Morgan fingerprint density at radius 3 is 2.67 bits per heavy atom. The maximum atomic E-state index is 13.3. The average Bonchev–Trinajstić information content (AvgIpc) is 3.16. The second-order valence-electron chi connectivity index (χ2n) is 9.25. The van der Waals surface area contributed by atoms with E-state index in [0.29, 0.717) is 17.6 Å². The minimum Gasteiger partial charge on any atom is -0.368 e. The van der Waals surface area contributed by atoms with Crippen LogP contribution < -0.4 is 5.32 Å². The molecule has 3 aliphatic rings. The number of ether oxygens (including phenoxy) is 1. The number of nitrogens with zero attached hydrogens (tertiary/aromatic N) is 2. The van der Waals surface area contributed by atoms with E-state index in [4.69, 9.17) is 14.2 Å². The van der Waals surface area contributed by atoms with Crippen LogP contribution in [0, 0.1) is 12.8 Å². The molecular weight excluding hydrogens is 378 g/mol. The van der Waals surface area contributed by atoms with E-state index in [9.17, 15) is 4.79 Å². The Hall–Kier alpha value is -2.21. The van der Waals surface area contributed by atoms with Crippen molar-refractivity contribution in [2.45, 2.75) is 82.3 Å². The number of hydrogen-bond acceptors (Lipinski definition) is 5. The van der Waals surface area contributed by atoms with Gasteiger partial charge < -0.3 is 14.6 Å². The van der Waals surface area contributed by atoms with Crippen molar-refractivity contribution in [3.05, 3.63) is 47.1 Å². The van der Waals surface area contributed by atoms with Gasteiger partial charge in [0.15, 0.2) is 5.82 Å². The highest BCUT2D eigenvalue weighted by molar-refractivity contribution is 5.83. The Morgan fingerprint density at radius 1 is 1.13 bits per heavy atom. The molecule has 0 unspecified atom stereocenters. The minimum atomic E-state index is -0.521. The summed E-state index contributed by atoms with van der Waals surface area (Å²) in [6.07, 6.45) is 8.99. The number of benzene rings is 1. The summed E-state index contributed by atoms with van der Waals surface area (Å²) >= 11 is 0. The average molecular weight is 410 g/mol. The van der Waals surface area contributed by atoms with Gasteiger partial charge in [-0.25, -0.2) is 0 Å². The lowest BCUT2D eigenvalue weighted by molar-refractivity contribution is -0.124. The fourth-order valence-electron chi connectivity index (χ4n) is 5.23. The molecular formula is C24H31N3O3. The van der Waals surface area contributed by atoms with E-state index in [1.807, 2.05) is 0 Å². The summed E-state index contributed by atoms with van der Waals surface area (Å²) in [5.74, 6) is 1.69. The molecule has 1 aliphatic heterocycles. The summed E-state index contributed by atoms with van der Waals surface area (Å²) < 4.78 is 11.3.